The largest absolute Gasteiger partial charge is 0.495 e. The van der Waals surface area contributed by atoms with Gasteiger partial charge in [-0.05, 0) is 54.4 Å². The Morgan fingerprint density at radius 1 is 1.10 bits per heavy atom. The Hall–Kier alpha value is -2.92. The first kappa shape index (κ1) is 20.8. The van der Waals surface area contributed by atoms with Gasteiger partial charge in [0.2, 0.25) is 5.91 Å². The number of anilines is 2. The predicted octanol–water partition coefficient (Wildman–Crippen LogP) is 6.21. The van der Waals surface area contributed by atoms with Crippen molar-refractivity contribution in [3.05, 3.63) is 65.4 Å². The van der Waals surface area contributed by atoms with Crippen LogP contribution in [0.3, 0.4) is 0 Å². The van der Waals surface area contributed by atoms with E-state index in [4.69, 9.17) is 20.8 Å². The first-order valence-electron chi connectivity index (χ1n) is 9.51. The third kappa shape index (κ3) is 5.78. The highest BCUT2D eigenvalue weighted by Gasteiger charge is 2.09. The van der Waals surface area contributed by atoms with Crippen molar-refractivity contribution in [2.75, 3.05) is 17.7 Å². The quantitative estimate of drug-likeness (QED) is 0.462. The van der Waals surface area contributed by atoms with Crippen molar-refractivity contribution in [1.29, 1.82) is 0 Å². The Morgan fingerprint density at radius 3 is 2.62 bits per heavy atom. The number of carbonyl (C=O) groups excluding carboxylic acids is 1. The van der Waals surface area contributed by atoms with Crippen LogP contribution < -0.4 is 15.4 Å². The van der Waals surface area contributed by atoms with E-state index >= 15 is 0 Å². The summed E-state index contributed by atoms with van der Waals surface area (Å²) < 4.78 is 11.1. The van der Waals surface area contributed by atoms with Gasteiger partial charge in [-0.1, -0.05) is 31.5 Å². The molecule has 152 valence electrons. The van der Waals surface area contributed by atoms with Crippen LogP contribution in [0.2, 0.25) is 5.02 Å². The number of benzene rings is 2. The van der Waals surface area contributed by atoms with Crippen molar-refractivity contribution in [1.82, 2.24) is 0 Å². The number of methoxy groups -OCH3 is 1. The molecule has 0 radical (unpaired) electrons. The van der Waals surface area contributed by atoms with Crippen LogP contribution >= 0.6 is 11.6 Å². The van der Waals surface area contributed by atoms with E-state index in [2.05, 4.69) is 10.6 Å². The van der Waals surface area contributed by atoms with Gasteiger partial charge in [0.25, 0.3) is 0 Å². The average molecular weight is 413 g/mol. The maximum absolute atomic E-state index is 12.0. The molecule has 0 saturated heterocycles. The third-order valence-electron chi connectivity index (χ3n) is 4.30. The van der Waals surface area contributed by atoms with E-state index in [0.717, 1.165) is 28.5 Å². The fraction of sp³-hybridized carbons (Fsp3) is 0.261. The number of hydrogen-bond donors (Lipinski definition) is 2. The number of ether oxygens (including phenoxy) is 1. The van der Waals surface area contributed by atoms with Crippen LogP contribution in [0.1, 0.15) is 26.0 Å². The molecule has 2 N–H and O–H groups in total. The Bertz CT molecular complexity index is 982. The Balaban J connectivity index is 1.62. The van der Waals surface area contributed by atoms with Crippen LogP contribution in [0.4, 0.5) is 11.4 Å². The van der Waals surface area contributed by atoms with Crippen molar-refractivity contribution in [3.8, 4) is 17.1 Å². The molecule has 0 aliphatic heterocycles. The molecular formula is C23H25ClN2O3. The van der Waals surface area contributed by atoms with Crippen molar-refractivity contribution in [3.63, 3.8) is 0 Å². The molecular weight excluding hydrogens is 388 g/mol. The van der Waals surface area contributed by atoms with Gasteiger partial charge in [0.1, 0.15) is 17.3 Å². The van der Waals surface area contributed by atoms with E-state index < -0.39 is 0 Å². The van der Waals surface area contributed by atoms with Gasteiger partial charge in [-0.3, -0.25) is 4.79 Å². The molecule has 0 saturated carbocycles. The zero-order valence-electron chi connectivity index (χ0n) is 16.8. The molecule has 1 heterocycles. The van der Waals surface area contributed by atoms with Gasteiger partial charge in [0.15, 0.2) is 0 Å². The van der Waals surface area contributed by atoms with Gasteiger partial charge in [0.05, 0.1) is 18.7 Å². The molecule has 5 nitrogen and oxygen atoms in total. The summed E-state index contributed by atoms with van der Waals surface area (Å²) in [7, 11) is 1.59. The normalized spacial score (nSPS) is 10.8. The number of halogens is 1. The van der Waals surface area contributed by atoms with E-state index in [1.165, 1.54) is 0 Å². The molecule has 6 heteroatoms. The summed E-state index contributed by atoms with van der Waals surface area (Å²) in [6, 6.07) is 17.0. The highest BCUT2D eigenvalue weighted by molar-refractivity contribution is 6.32. The lowest BCUT2D eigenvalue weighted by molar-refractivity contribution is -0.116. The molecule has 0 spiro atoms. The predicted molar refractivity (Wildman–Crippen MR) is 118 cm³/mol. The maximum atomic E-state index is 12.0. The second-order valence-electron chi connectivity index (χ2n) is 7.20. The summed E-state index contributed by atoms with van der Waals surface area (Å²) >= 11 is 6.20. The summed E-state index contributed by atoms with van der Waals surface area (Å²) in [5.41, 5.74) is 2.56. The fourth-order valence-corrected chi connectivity index (χ4v) is 3.18. The molecule has 3 rings (SSSR count). The van der Waals surface area contributed by atoms with Crippen molar-refractivity contribution in [2.24, 2.45) is 5.92 Å². The highest BCUT2D eigenvalue weighted by Crippen LogP contribution is 2.31. The molecule has 0 aliphatic rings. The van der Waals surface area contributed by atoms with Crippen LogP contribution in [0.5, 0.6) is 5.75 Å². The highest BCUT2D eigenvalue weighted by atomic mass is 35.5. The van der Waals surface area contributed by atoms with Gasteiger partial charge in [-0.15, -0.1) is 0 Å². The average Bonchev–Trinajstić information content (AvgIpc) is 3.15. The van der Waals surface area contributed by atoms with Gasteiger partial charge in [0, 0.05) is 23.4 Å². The van der Waals surface area contributed by atoms with Gasteiger partial charge in [-0.25, -0.2) is 0 Å². The van der Waals surface area contributed by atoms with E-state index in [-0.39, 0.29) is 5.91 Å². The molecule has 0 bridgehead atoms. The minimum Gasteiger partial charge on any atom is -0.495 e. The molecule has 1 amide bonds. The van der Waals surface area contributed by atoms with Crippen LogP contribution in [-0.4, -0.2) is 13.0 Å². The molecule has 0 aliphatic carbocycles. The van der Waals surface area contributed by atoms with E-state index in [0.29, 0.717) is 29.7 Å². The first-order valence-corrected chi connectivity index (χ1v) is 9.89. The Labute approximate surface area is 176 Å². The smallest absolute Gasteiger partial charge is 0.224 e. The topological polar surface area (TPSA) is 63.5 Å². The van der Waals surface area contributed by atoms with Gasteiger partial charge < -0.3 is 19.8 Å². The second-order valence-corrected chi connectivity index (χ2v) is 7.60. The minimum absolute atomic E-state index is 0.0194. The Kier molecular flexibility index (Phi) is 6.83. The lowest BCUT2D eigenvalue weighted by atomic mass is 10.1. The van der Waals surface area contributed by atoms with Crippen LogP contribution in [0.15, 0.2) is 59.0 Å². The van der Waals surface area contributed by atoms with E-state index in [9.17, 15) is 4.79 Å². The number of amides is 1. The van der Waals surface area contributed by atoms with Crippen LogP contribution in [0, 0.1) is 5.92 Å². The molecule has 3 aromatic rings. The van der Waals surface area contributed by atoms with Crippen LogP contribution in [-0.2, 0) is 11.3 Å². The number of hydrogen-bond acceptors (Lipinski definition) is 4. The zero-order valence-corrected chi connectivity index (χ0v) is 17.5. The molecule has 29 heavy (non-hydrogen) atoms. The Morgan fingerprint density at radius 2 is 1.90 bits per heavy atom. The summed E-state index contributed by atoms with van der Waals surface area (Å²) in [4.78, 5) is 12.0. The molecule has 1 aromatic heterocycles. The van der Waals surface area contributed by atoms with Crippen molar-refractivity contribution >= 4 is 28.9 Å². The summed E-state index contributed by atoms with van der Waals surface area (Å²) in [6.45, 7) is 4.57. The number of furan rings is 1. The zero-order chi connectivity index (χ0) is 20.8. The molecule has 0 atom stereocenters. The number of rotatable bonds is 8. The van der Waals surface area contributed by atoms with Gasteiger partial charge in [-0.2, -0.15) is 0 Å². The first-order chi connectivity index (χ1) is 13.9. The van der Waals surface area contributed by atoms with Crippen molar-refractivity contribution in [2.45, 2.75) is 26.8 Å². The van der Waals surface area contributed by atoms with Gasteiger partial charge >= 0.3 is 0 Å². The summed E-state index contributed by atoms with van der Waals surface area (Å²) in [6.07, 6.45) is 0.502. The van der Waals surface area contributed by atoms with Crippen LogP contribution in [0.25, 0.3) is 11.3 Å². The van der Waals surface area contributed by atoms with Crippen molar-refractivity contribution < 1.29 is 13.9 Å². The van der Waals surface area contributed by atoms with E-state index in [1.807, 2.05) is 68.4 Å². The number of nitrogens with one attached hydrogen (secondary N) is 2. The minimum atomic E-state index is 0.0194. The second kappa shape index (κ2) is 9.52. The third-order valence-corrected chi connectivity index (χ3v) is 4.60. The number of carbonyl (C=O) groups is 1. The lowest BCUT2D eigenvalue weighted by Crippen LogP contribution is -2.13. The summed E-state index contributed by atoms with van der Waals surface area (Å²) in [5.74, 6) is 2.50. The molecule has 2 aromatic carbocycles. The van der Waals surface area contributed by atoms with E-state index in [1.54, 1.807) is 7.11 Å². The fourth-order valence-electron chi connectivity index (χ4n) is 2.93. The summed E-state index contributed by atoms with van der Waals surface area (Å²) in [5, 5.41) is 6.78. The lowest BCUT2D eigenvalue weighted by Gasteiger charge is -2.10. The molecule has 0 fully saturated rings. The maximum Gasteiger partial charge on any atom is 0.224 e. The SMILES string of the molecule is COc1ccc(-c2ccc(CNc3cccc(NC(=O)CC(C)C)c3)o2)cc1Cl. The molecule has 0 unspecified atom stereocenters. The standard InChI is InChI=1S/C23H25ClN2O3/c1-15(2)11-23(27)26-18-6-4-5-17(13-18)25-14-19-8-10-21(29-19)16-7-9-22(28-3)20(24)12-16/h4-10,12-13,15,25H,11,14H2,1-3H3,(H,26,27). The monoisotopic (exact) mass is 412 g/mol.